The Morgan fingerprint density at radius 1 is 1.00 bits per heavy atom. The minimum absolute atomic E-state index is 0.00870. The van der Waals surface area contributed by atoms with Gasteiger partial charge in [0, 0.05) is 30.7 Å². The van der Waals surface area contributed by atoms with Crippen molar-refractivity contribution < 1.29 is 13.2 Å². The average Bonchev–Trinajstić information content (AvgIpc) is 3.53. The molecule has 3 aromatic rings. The first-order valence-electron chi connectivity index (χ1n) is 12.8. The fraction of sp³-hybridized carbons (Fsp3) is 0.345. The Kier molecular flexibility index (Phi) is 6.83. The summed E-state index contributed by atoms with van der Waals surface area (Å²) in [5.74, 6) is 0. The van der Waals surface area contributed by atoms with Crippen LogP contribution in [0.3, 0.4) is 0 Å². The number of anilines is 1. The van der Waals surface area contributed by atoms with E-state index in [0.717, 1.165) is 35.2 Å². The van der Waals surface area contributed by atoms with Crippen LogP contribution in [0.1, 0.15) is 47.9 Å². The number of fused-ring (bicyclic) bond motifs is 2. The molecule has 1 aliphatic heterocycles. The number of hydrogen-bond acceptors (Lipinski definition) is 4. The first kappa shape index (κ1) is 25.4. The number of carbonyl (C=O) groups is 1. The van der Waals surface area contributed by atoms with Crippen LogP contribution in [0, 0.1) is 6.92 Å². The summed E-state index contributed by atoms with van der Waals surface area (Å²) in [6.45, 7) is 3.62. The molecular weight excluding hydrogens is 484 g/mol. The fourth-order valence-corrected chi connectivity index (χ4v) is 6.51. The molecule has 3 aromatic carbocycles. The highest BCUT2D eigenvalue weighted by Gasteiger charge is 2.46. The quantitative estimate of drug-likeness (QED) is 0.445. The van der Waals surface area contributed by atoms with Crippen molar-refractivity contribution in [2.24, 2.45) is 5.73 Å². The molecule has 0 atom stereocenters. The van der Waals surface area contributed by atoms with E-state index in [-0.39, 0.29) is 16.3 Å². The Labute approximate surface area is 219 Å². The maximum atomic E-state index is 13.4. The number of urea groups is 1. The number of nitrogens with two attached hydrogens (primary N) is 1. The zero-order valence-corrected chi connectivity index (χ0v) is 22.2. The number of aryl methyl sites for hydroxylation is 1. The summed E-state index contributed by atoms with van der Waals surface area (Å²) < 4.78 is 26.2. The highest BCUT2D eigenvalue weighted by Crippen LogP contribution is 2.51. The van der Waals surface area contributed by atoms with Crippen molar-refractivity contribution in [1.29, 1.82) is 0 Å². The molecule has 1 aliphatic carbocycles. The van der Waals surface area contributed by atoms with Gasteiger partial charge in [0.05, 0.1) is 4.90 Å². The molecule has 7 nitrogen and oxygen atoms in total. The van der Waals surface area contributed by atoms with E-state index in [4.69, 9.17) is 5.73 Å². The molecule has 5 rings (SSSR count). The van der Waals surface area contributed by atoms with E-state index in [1.807, 2.05) is 4.90 Å². The number of rotatable bonds is 6. The molecule has 2 aliphatic rings. The Bertz CT molecular complexity index is 1430. The second kappa shape index (κ2) is 9.93. The van der Waals surface area contributed by atoms with Gasteiger partial charge in [-0.2, -0.15) is 0 Å². The van der Waals surface area contributed by atoms with Gasteiger partial charge in [0.1, 0.15) is 0 Å². The lowest BCUT2D eigenvalue weighted by molar-refractivity contribution is 0.245. The third kappa shape index (κ3) is 4.77. The fourth-order valence-electron chi connectivity index (χ4n) is 5.78. The Hall–Kier alpha value is -3.20. The molecule has 37 heavy (non-hydrogen) atoms. The average molecular weight is 519 g/mol. The van der Waals surface area contributed by atoms with Crippen molar-refractivity contribution >= 4 is 21.7 Å². The predicted molar refractivity (Wildman–Crippen MR) is 147 cm³/mol. The highest BCUT2D eigenvalue weighted by atomic mass is 32.2. The molecule has 1 spiro atoms. The van der Waals surface area contributed by atoms with E-state index in [9.17, 15) is 13.2 Å². The molecule has 0 radical (unpaired) electrons. The zero-order chi connectivity index (χ0) is 26.2. The van der Waals surface area contributed by atoms with Gasteiger partial charge in [0.15, 0.2) is 0 Å². The summed E-state index contributed by atoms with van der Waals surface area (Å²) in [6, 6.07) is 19.3. The standard InChI is InChI=1S/C29H34N4O3S/c1-20-5-6-22(17-30)15-25(20)23-9-12-27-26(16-23)29(13-3-4-14-29)19-33(27)28(34)32-18-21-7-10-24(11-8-21)37(35,36)31-2/h5-12,15-16,31H,3-4,13-14,17-19,30H2,1-2H3,(H,32,34). The topological polar surface area (TPSA) is 105 Å². The summed E-state index contributed by atoms with van der Waals surface area (Å²) in [6.07, 6.45) is 4.50. The number of amides is 2. The van der Waals surface area contributed by atoms with Gasteiger partial charge in [-0.1, -0.05) is 43.2 Å². The van der Waals surface area contributed by atoms with Crippen LogP contribution in [-0.4, -0.2) is 28.0 Å². The number of carbonyl (C=O) groups excluding carboxylic acids is 1. The Balaban J connectivity index is 1.39. The van der Waals surface area contributed by atoms with Crippen molar-refractivity contribution in [2.75, 3.05) is 18.5 Å². The van der Waals surface area contributed by atoms with Crippen LogP contribution in [0.2, 0.25) is 0 Å². The third-order valence-electron chi connectivity index (χ3n) is 7.92. The molecule has 0 bridgehead atoms. The van der Waals surface area contributed by atoms with Crippen LogP contribution in [0.5, 0.6) is 0 Å². The van der Waals surface area contributed by atoms with Crippen LogP contribution in [0.4, 0.5) is 10.5 Å². The van der Waals surface area contributed by atoms with E-state index in [1.54, 1.807) is 24.3 Å². The number of hydrogen-bond donors (Lipinski definition) is 3. The predicted octanol–water partition coefficient (Wildman–Crippen LogP) is 4.57. The minimum atomic E-state index is -3.49. The van der Waals surface area contributed by atoms with Gasteiger partial charge in [0.25, 0.3) is 0 Å². The lowest BCUT2D eigenvalue weighted by Crippen LogP contribution is -2.41. The van der Waals surface area contributed by atoms with Gasteiger partial charge in [-0.15, -0.1) is 0 Å². The number of nitrogens with zero attached hydrogens (tertiary/aromatic N) is 1. The van der Waals surface area contributed by atoms with Gasteiger partial charge in [-0.25, -0.2) is 17.9 Å². The van der Waals surface area contributed by atoms with E-state index in [2.05, 4.69) is 53.4 Å². The van der Waals surface area contributed by atoms with Crippen molar-refractivity contribution in [3.05, 3.63) is 82.9 Å². The van der Waals surface area contributed by atoms with E-state index in [1.165, 1.54) is 36.6 Å². The van der Waals surface area contributed by atoms with Crippen molar-refractivity contribution in [2.45, 2.75) is 56.0 Å². The monoisotopic (exact) mass is 518 g/mol. The van der Waals surface area contributed by atoms with Gasteiger partial charge in [0.2, 0.25) is 10.0 Å². The molecule has 8 heteroatoms. The van der Waals surface area contributed by atoms with Gasteiger partial charge >= 0.3 is 6.03 Å². The number of sulfonamides is 1. The van der Waals surface area contributed by atoms with Crippen LogP contribution in [0.25, 0.3) is 11.1 Å². The molecular formula is C29H34N4O3S. The molecule has 1 saturated carbocycles. The molecule has 4 N–H and O–H groups in total. The lowest BCUT2D eigenvalue weighted by atomic mass is 9.79. The van der Waals surface area contributed by atoms with Crippen LogP contribution in [-0.2, 0) is 28.5 Å². The summed E-state index contributed by atoms with van der Waals surface area (Å²) in [5, 5.41) is 3.04. The zero-order valence-electron chi connectivity index (χ0n) is 21.4. The highest BCUT2D eigenvalue weighted by molar-refractivity contribution is 7.89. The van der Waals surface area contributed by atoms with Crippen molar-refractivity contribution in [1.82, 2.24) is 10.0 Å². The Morgan fingerprint density at radius 2 is 1.70 bits per heavy atom. The van der Waals surface area contributed by atoms with E-state index >= 15 is 0 Å². The van der Waals surface area contributed by atoms with E-state index in [0.29, 0.717) is 19.6 Å². The largest absolute Gasteiger partial charge is 0.334 e. The number of benzene rings is 3. The van der Waals surface area contributed by atoms with Crippen molar-refractivity contribution in [3.63, 3.8) is 0 Å². The normalized spacial score (nSPS) is 16.2. The maximum Gasteiger partial charge on any atom is 0.322 e. The summed E-state index contributed by atoms with van der Waals surface area (Å²) in [4.78, 5) is 15.5. The summed E-state index contributed by atoms with van der Waals surface area (Å²) in [7, 11) is -2.10. The second-order valence-electron chi connectivity index (χ2n) is 10.2. The van der Waals surface area contributed by atoms with E-state index < -0.39 is 10.0 Å². The second-order valence-corrected chi connectivity index (χ2v) is 12.1. The summed E-state index contributed by atoms with van der Waals surface area (Å²) >= 11 is 0. The first-order valence-corrected chi connectivity index (χ1v) is 14.3. The molecule has 0 aromatic heterocycles. The third-order valence-corrected chi connectivity index (χ3v) is 9.35. The SMILES string of the molecule is CNS(=O)(=O)c1ccc(CNC(=O)N2CC3(CCCC3)c3cc(-c4cc(CN)ccc4C)ccc32)cc1. The smallest absolute Gasteiger partial charge is 0.322 e. The minimum Gasteiger partial charge on any atom is -0.334 e. The molecule has 2 amide bonds. The number of nitrogens with one attached hydrogen (secondary N) is 2. The van der Waals surface area contributed by atoms with Gasteiger partial charge < -0.3 is 11.1 Å². The van der Waals surface area contributed by atoms with Crippen molar-refractivity contribution in [3.8, 4) is 11.1 Å². The lowest BCUT2D eigenvalue weighted by Gasteiger charge is -2.25. The molecule has 0 unspecified atom stereocenters. The summed E-state index contributed by atoms with van der Waals surface area (Å²) in [5.41, 5.74) is 13.6. The van der Waals surface area contributed by atoms with Crippen LogP contribution in [0.15, 0.2) is 65.6 Å². The van der Waals surface area contributed by atoms with Crippen LogP contribution >= 0.6 is 0 Å². The molecule has 0 saturated heterocycles. The van der Waals surface area contributed by atoms with Gasteiger partial charge in [-0.05, 0) is 90.5 Å². The van der Waals surface area contributed by atoms with Crippen LogP contribution < -0.4 is 20.7 Å². The molecule has 1 fully saturated rings. The Morgan fingerprint density at radius 3 is 2.38 bits per heavy atom. The first-order chi connectivity index (χ1) is 17.8. The van der Waals surface area contributed by atoms with Gasteiger partial charge in [-0.3, -0.25) is 4.90 Å². The maximum absolute atomic E-state index is 13.4. The molecule has 194 valence electrons. The molecule has 1 heterocycles.